The van der Waals surface area contributed by atoms with E-state index in [9.17, 15) is 0 Å². The van der Waals surface area contributed by atoms with Crippen molar-refractivity contribution in [1.82, 2.24) is 19.5 Å². The molecule has 2 N–H and O–H groups in total. The summed E-state index contributed by atoms with van der Waals surface area (Å²) in [4.78, 5) is 2.40. The Balaban J connectivity index is 1.90. The van der Waals surface area contributed by atoms with Gasteiger partial charge in [-0.3, -0.25) is 4.40 Å². The Morgan fingerprint density at radius 1 is 1.47 bits per heavy atom. The van der Waals surface area contributed by atoms with Crippen molar-refractivity contribution in [3.63, 3.8) is 0 Å². The Hall–Kier alpha value is -1.62. The molecular weight excluding hydrogens is 214 g/mol. The normalized spacial score (nSPS) is 21.4. The van der Waals surface area contributed by atoms with Crippen LogP contribution in [0.15, 0.2) is 18.3 Å². The fourth-order valence-corrected chi connectivity index (χ4v) is 2.54. The van der Waals surface area contributed by atoms with Gasteiger partial charge in [0.25, 0.3) is 0 Å². The molecule has 0 spiro atoms. The lowest BCUT2D eigenvalue weighted by Gasteiger charge is -2.18. The summed E-state index contributed by atoms with van der Waals surface area (Å²) in [6, 6.07) is 4.34. The van der Waals surface area contributed by atoms with Gasteiger partial charge in [-0.1, -0.05) is 0 Å². The van der Waals surface area contributed by atoms with Gasteiger partial charge < -0.3 is 10.6 Å². The first-order valence-electron chi connectivity index (χ1n) is 6.03. The summed E-state index contributed by atoms with van der Waals surface area (Å²) in [5.41, 5.74) is 7.29. The Labute approximate surface area is 100 Å². The number of hydrogen-bond acceptors (Lipinski definition) is 4. The molecule has 1 aliphatic heterocycles. The predicted octanol–water partition coefficient (Wildman–Crippen LogP) is 0.948. The van der Waals surface area contributed by atoms with E-state index in [1.54, 1.807) is 0 Å². The highest BCUT2D eigenvalue weighted by molar-refractivity contribution is 5.51. The van der Waals surface area contributed by atoms with Crippen molar-refractivity contribution < 1.29 is 0 Å². The first-order valence-corrected chi connectivity index (χ1v) is 6.03. The van der Waals surface area contributed by atoms with Gasteiger partial charge >= 0.3 is 0 Å². The highest BCUT2D eigenvalue weighted by Crippen LogP contribution is 2.19. The number of nitrogens with zero attached hydrogens (tertiary/aromatic N) is 4. The third kappa shape index (κ3) is 1.86. The molecule has 5 nitrogen and oxygen atoms in total. The minimum atomic E-state index is 0.597. The zero-order valence-corrected chi connectivity index (χ0v) is 10.0. The maximum absolute atomic E-state index is 5.73. The van der Waals surface area contributed by atoms with Crippen LogP contribution < -0.4 is 5.73 Å². The molecule has 1 aliphatic rings. The lowest BCUT2D eigenvalue weighted by Crippen LogP contribution is -2.27. The highest BCUT2D eigenvalue weighted by atomic mass is 15.3. The zero-order chi connectivity index (χ0) is 11.8. The molecule has 2 aromatic rings. The summed E-state index contributed by atoms with van der Waals surface area (Å²) in [6.07, 6.45) is 5.45. The van der Waals surface area contributed by atoms with Gasteiger partial charge in [0.15, 0.2) is 5.65 Å². The summed E-state index contributed by atoms with van der Waals surface area (Å²) in [5, 5.41) is 8.43. The van der Waals surface area contributed by atoms with E-state index in [1.165, 1.54) is 19.4 Å². The number of rotatable bonds is 2. The largest absolute Gasteiger partial charge is 0.399 e. The van der Waals surface area contributed by atoms with Gasteiger partial charge in [0.1, 0.15) is 5.82 Å². The molecule has 1 unspecified atom stereocenters. The average molecular weight is 231 g/mol. The van der Waals surface area contributed by atoms with Gasteiger partial charge in [-0.15, -0.1) is 10.2 Å². The molecule has 0 aliphatic carbocycles. The Kier molecular flexibility index (Phi) is 2.48. The maximum atomic E-state index is 5.73. The average Bonchev–Trinajstić information content (AvgIpc) is 2.87. The van der Waals surface area contributed by atoms with E-state index in [1.807, 2.05) is 22.7 Å². The number of pyridine rings is 1. The lowest BCUT2D eigenvalue weighted by molar-refractivity contribution is 0.305. The van der Waals surface area contributed by atoms with Gasteiger partial charge in [0.05, 0.1) is 0 Å². The smallest absolute Gasteiger partial charge is 0.162 e. The quantitative estimate of drug-likeness (QED) is 0.836. The molecule has 3 heterocycles. The van der Waals surface area contributed by atoms with Crippen molar-refractivity contribution in [2.24, 2.45) is 0 Å². The molecule has 1 saturated heterocycles. The maximum Gasteiger partial charge on any atom is 0.162 e. The molecule has 1 atom stereocenters. The molecule has 5 heteroatoms. The monoisotopic (exact) mass is 231 g/mol. The zero-order valence-electron chi connectivity index (χ0n) is 10.0. The van der Waals surface area contributed by atoms with Crippen LogP contribution in [0.1, 0.15) is 18.7 Å². The van der Waals surface area contributed by atoms with E-state index in [4.69, 9.17) is 5.73 Å². The van der Waals surface area contributed by atoms with Crippen molar-refractivity contribution in [1.29, 1.82) is 0 Å². The van der Waals surface area contributed by atoms with Gasteiger partial charge in [-0.2, -0.15) is 0 Å². The van der Waals surface area contributed by atoms with Crippen LogP contribution in [-0.2, 0) is 6.42 Å². The fourth-order valence-electron chi connectivity index (χ4n) is 2.54. The standard InChI is InChI=1S/C12H17N5/c1-16-5-2-3-10(16)8-12-15-14-11-7-9(13)4-6-17(11)12/h4,6-7,10H,2-3,5,8,13H2,1H3. The molecule has 2 aromatic heterocycles. The molecule has 0 saturated carbocycles. The fraction of sp³-hybridized carbons (Fsp3) is 0.500. The topological polar surface area (TPSA) is 59.5 Å². The second kappa shape index (κ2) is 4.00. The second-order valence-electron chi connectivity index (χ2n) is 4.79. The van der Waals surface area contributed by atoms with Crippen LogP contribution in [0.25, 0.3) is 5.65 Å². The van der Waals surface area contributed by atoms with Crippen LogP contribution >= 0.6 is 0 Å². The van der Waals surface area contributed by atoms with Crippen LogP contribution in [0.5, 0.6) is 0 Å². The van der Waals surface area contributed by atoms with E-state index in [0.29, 0.717) is 6.04 Å². The molecule has 17 heavy (non-hydrogen) atoms. The van der Waals surface area contributed by atoms with Gasteiger partial charge in [-0.05, 0) is 32.5 Å². The van der Waals surface area contributed by atoms with E-state index in [0.717, 1.165) is 23.6 Å². The third-order valence-electron chi connectivity index (χ3n) is 3.59. The molecule has 1 fully saturated rings. The molecule has 0 bridgehead atoms. The van der Waals surface area contributed by atoms with Crippen molar-refractivity contribution in [3.05, 3.63) is 24.2 Å². The molecule has 0 aromatic carbocycles. The van der Waals surface area contributed by atoms with E-state index in [2.05, 4.69) is 22.1 Å². The SMILES string of the molecule is CN1CCCC1Cc1nnc2cc(N)ccn12. The molecule has 90 valence electrons. The molecule has 0 amide bonds. The van der Waals surface area contributed by atoms with Gasteiger partial charge in [0.2, 0.25) is 0 Å². The van der Waals surface area contributed by atoms with Crippen LogP contribution in [0.4, 0.5) is 5.69 Å². The summed E-state index contributed by atoms with van der Waals surface area (Å²) in [7, 11) is 2.18. The van der Waals surface area contributed by atoms with Crippen LogP contribution in [-0.4, -0.2) is 39.1 Å². The van der Waals surface area contributed by atoms with Crippen molar-refractivity contribution >= 4 is 11.3 Å². The predicted molar refractivity (Wildman–Crippen MR) is 66.8 cm³/mol. The Bertz CT molecular complexity index is 533. The summed E-state index contributed by atoms with van der Waals surface area (Å²) in [5.74, 6) is 1.03. The third-order valence-corrected chi connectivity index (χ3v) is 3.59. The highest BCUT2D eigenvalue weighted by Gasteiger charge is 2.22. The van der Waals surface area contributed by atoms with Gasteiger partial charge in [-0.25, -0.2) is 0 Å². The minimum Gasteiger partial charge on any atom is -0.399 e. The minimum absolute atomic E-state index is 0.597. The number of anilines is 1. The molecule has 3 rings (SSSR count). The first-order chi connectivity index (χ1) is 8.24. The summed E-state index contributed by atoms with van der Waals surface area (Å²) < 4.78 is 2.03. The lowest BCUT2D eigenvalue weighted by atomic mass is 10.1. The number of aromatic nitrogens is 3. The second-order valence-corrected chi connectivity index (χ2v) is 4.79. The van der Waals surface area contributed by atoms with Crippen molar-refractivity contribution in [2.45, 2.75) is 25.3 Å². The van der Waals surface area contributed by atoms with E-state index in [-0.39, 0.29) is 0 Å². The van der Waals surface area contributed by atoms with Crippen LogP contribution in [0.3, 0.4) is 0 Å². The van der Waals surface area contributed by atoms with Crippen LogP contribution in [0.2, 0.25) is 0 Å². The number of hydrogen-bond donors (Lipinski definition) is 1. The van der Waals surface area contributed by atoms with Crippen molar-refractivity contribution in [2.75, 3.05) is 19.3 Å². The molecule has 0 radical (unpaired) electrons. The van der Waals surface area contributed by atoms with E-state index >= 15 is 0 Å². The number of nitrogens with two attached hydrogens (primary N) is 1. The van der Waals surface area contributed by atoms with E-state index < -0.39 is 0 Å². The van der Waals surface area contributed by atoms with Gasteiger partial charge in [0, 0.05) is 30.4 Å². The van der Waals surface area contributed by atoms with Crippen molar-refractivity contribution in [3.8, 4) is 0 Å². The summed E-state index contributed by atoms with van der Waals surface area (Å²) >= 11 is 0. The summed E-state index contributed by atoms with van der Waals surface area (Å²) in [6.45, 7) is 1.19. The number of fused-ring (bicyclic) bond motifs is 1. The first kappa shape index (κ1) is 10.5. The Morgan fingerprint density at radius 2 is 2.35 bits per heavy atom. The number of nitrogen functional groups attached to an aromatic ring is 1. The van der Waals surface area contributed by atoms with Crippen LogP contribution in [0, 0.1) is 0 Å². The number of likely N-dealkylation sites (tertiary alicyclic amines) is 1. The Morgan fingerprint density at radius 3 is 3.12 bits per heavy atom. The molecular formula is C12H17N5. The number of likely N-dealkylation sites (N-methyl/N-ethyl adjacent to an activating group) is 1.